The quantitative estimate of drug-likeness (QED) is 0.313. The molecule has 1 saturated carbocycles. The van der Waals surface area contributed by atoms with E-state index in [1.807, 2.05) is 6.92 Å². The molecular weight excluding hydrogens is 550 g/mol. The molecule has 0 amide bonds. The van der Waals surface area contributed by atoms with Crippen molar-refractivity contribution < 1.29 is 17.2 Å². The first-order chi connectivity index (χ1) is 19.5. The maximum atomic E-state index is 15.0. The van der Waals surface area contributed by atoms with Gasteiger partial charge in [0.05, 0.1) is 28.0 Å². The average molecular weight is 583 g/mol. The van der Waals surface area contributed by atoms with E-state index < -0.39 is 33.0 Å². The number of hydrogen-bond donors (Lipinski definition) is 2. The zero-order valence-electron chi connectivity index (χ0n) is 23.1. The summed E-state index contributed by atoms with van der Waals surface area (Å²) in [4.78, 5) is 24.6. The van der Waals surface area contributed by atoms with Crippen LogP contribution in [-0.4, -0.2) is 54.0 Å². The third-order valence-electron chi connectivity index (χ3n) is 7.46. The van der Waals surface area contributed by atoms with Crippen molar-refractivity contribution >= 4 is 32.6 Å². The van der Waals surface area contributed by atoms with Gasteiger partial charge in [-0.3, -0.25) is 14.1 Å². The highest BCUT2D eigenvalue weighted by atomic mass is 32.2. The van der Waals surface area contributed by atoms with Gasteiger partial charge in [0, 0.05) is 30.5 Å². The average Bonchev–Trinajstić information content (AvgIpc) is 2.93. The van der Waals surface area contributed by atoms with E-state index in [0.717, 1.165) is 43.9 Å². The first-order valence-corrected chi connectivity index (χ1v) is 15.0. The molecule has 2 aromatic heterocycles. The standard InChI is InChI=1S/C29H32F2N6O3S/c1-18-16-37(23-12-13-26(25(31)14-23)35-41(39,40)17-19-4-6-20(30)7-5-19)28(38)24-15-32-29(34-27(18)24)33-21-8-10-22(11-9-21)36(2)3/h4-7,12-16,21-22,35H,8-11,17H2,1-3H3,(H,32,33,34). The Kier molecular flexibility index (Phi) is 8.05. The molecule has 0 bridgehead atoms. The molecule has 0 radical (unpaired) electrons. The molecule has 0 atom stereocenters. The van der Waals surface area contributed by atoms with E-state index in [2.05, 4.69) is 39.0 Å². The van der Waals surface area contributed by atoms with Crippen LogP contribution in [0.3, 0.4) is 0 Å². The number of nitrogens with zero attached hydrogens (tertiary/aromatic N) is 4. The molecule has 1 aliphatic carbocycles. The van der Waals surface area contributed by atoms with E-state index in [0.29, 0.717) is 28.6 Å². The van der Waals surface area contributed by atoms with E-state index >= 15 is 4.39 Å². The third-order valence-corrected chi connectivity index (χ3v) is 8.70. The van der Waals surface area contributed by atoms with Crippen molar-refractivity contribution in [2.45, 2.75) is 50.4 Å². The fraction of sp³-hybridized carbons (Fsp3) is 0.345. The minimum atomic E-state index is -3.97. The van der Waals surface area contributed by atoms with Gasteiger partial charge in [-0.15, -0.1) is 0 Å². The zero-order valence-corrected chi connectivity index (χ0v) is 23.9. The van der Waals surface area contributed by atoms with Gasteiger partial charge in [0.25, 0.3) is 5.56 Å². The van der Waals surface area contributed by atoms with Crippen molar-refractivity contribution in [3.05, 3.63) is 88.0 Å². The van der Waals surface area contributed by atoms with E-state index in [4.69, 9.17) is 0 Å². The van der Waals surface area contributed by atoms with Crippen LogP contribution in [0.5, 0.6) is 0 Å². The van der Waals surface area contributed by atoms with Crippen LogP contribution < -0.4 is 15.6 Å². The monoisotopic (exact) mass is 582 g/mol. The highest BCUT2D eigenvalue weighted by Crippen LogP contribution is 2.25. The van der Waals surface area contributed by atoms with Crippen molar-refractivity contribution in [3.63, 3.8) is 0 Å². The first kappa shape index (κ1) is 28.6. The SMILES string of the molecule is Cc1cn(-c2ccc(NS(=O)(=O)Cc3ccc(F)cc3)c(F)c2)c(=O)c2cnc(NC3CCC(N(C)C)CC3)nc12. The number of sulfonamides is 1. The summed E-state index contributed by atoms with van der Waals surface area (Å²) in [6.07, 6.45) is 7.26. The number of aromatic nitrogens is 3. The van der Waals surface area contributed by atoms with Crippen LogP contribution in [0.4, 0.5) is 20.4 Å². The fourth-order valence-electron chi connectivity index (χ4n) is 5.20. The summed E-state index contributed by atoms with van der Waals surface area (Å²) in [6.45, 7) is 1.81. The molecule has 2 aromatic carbocycles. The molecule has 1 aliphatic rings. The molecule has 216 valence electrons. The number of nitrogens with one attached hydrogen (secondary N) is 2. The van der Waals surface area contributed by atoms with Crippen LogP contribution in [0.2, 0.25) is 0 Å². The maximum Gasteiger partial charge on any atom is 0.266 e. The molecule has 41 heavy (non-hydrogen) atoms. The zero-order chi connectivity index (χ0) is 29.3. The molecule has 0 saturated heterocycles. The number of benzene rings is 2. The molecular formula is C29H32F2N6O3S. The van der Waals surface area contributed by atoms with Crippen molar-refractivity contribution in [2.24, 2.45) is 0 Å². The number of anilines is 2. The van der Waals surface area contributed by atoms with Crippen molar-refractivity contribution in [3.8, 4) is 5.69 Å². The minimum Gasteiger partial charge on any atom is -0.351 e. The predicted molar refractivity (Wildman–Crippen MR) is 156 cm³/mol. The summed E-state index contributed by atoms with van der Waals surface area (Å²) in [7, 11) is 0.228. The normalized spacial score (nSPS) is 17.6. The van der Waals surface area contributed by atoms with Gasteiger partial charge in [-0.1, -0.05) is 12.1 Å². The van der Waals surface area contributed by atoms with Gasteiger partial charge in [-0.25, -0.2) is 27.2 Å². The largest absolute Gasteiger partial charge is 0.351 e. The first-order valence-electron chi connectivity index (χ1n) is 13.4. The highest BCUT2D eigenvalue weighted by molar-refractivity contribution is 7.91. The Labute approximate surface area is 237 Å². The Balaban J connectivity index is 1.34. The number of pyridine rings is 1. The number of aryl methyl sites for hydroxylation is 1. The van der Waals surface area contributed by atoms with Crippen molar-refractivity contribution in [1.82, 2.24) is 19.4 Å². The van der Waals surface area contributed by atoms with Gasteiger partial charge >= 0.3 is 0 Å². The predicted octanol–water partition coefficient (Wildman–Crippen LogP) is 4.59. The van der Waals surface area contributed by atoms with Gasteiger partial charge in [0.1, 0.15) is 11.6 Å². The summed E-state index contributed by atoms with van der Waals surface area (Å²) in [5.41, 5.74) is 1.10. The molecule has 1 fully saturated rings. The van der Waals surface area contributed by atoms with Crippen LogP contribution in [-0.2, 0) is 15.8 Å². The van der Waals surface area contributed by atoms with Crippen LogP contribution in [0.25, 0.3) is 16.6 Å². The fourth-order valence-corrected chi connectivity index (χ4v) is 6.41. The summed E-state index contributed by atoms with van der Waals surface area (Å²) in [6, 6.07) is 9.64. The smallest absolute Gasteiger partial charge is 0.266 e. The second-order valence-electron chi connectivity index (χ2n) is 10.7. The van der Waals surface area contributed by atoms with Crippen LogP contribution >= 0.6 is 0 Å². The van der Waals surface area contributed by atoms with Gasteiger partial charge in [-0.05, 0) is 82.1 Å². The minimum absolute atomic E-state index is 0.221. The molecule has 5 rings (SSSR count). The summed E-state index contributed by atoms with van der Waals surface area (Å²) >= 11 is 0. The molecule has 12 heteroatoms. The molecule has 0 spiro atoms. The highest BCUT2D eigenvalue weighted by Gasteiger charge is 2.23. The molecule has 0 aliphatic heterocycles. The van der Waals surface area contributed by atoms with E-state index in [1.165, 1.54) is 35.0 Å². The molecule has 0 unspecified atom stereocenters. The Morgan fingerprint density at radius 2 is 1.76 bits per heavy atom. The van der Waals surface area contributed by atoms with Crippen LogP contribution in [0.15, 0.2) is 59.7 Å². The maximum absolute atomic E-state index is 15.0. The Hall–Kier alpha value is -3.90. The lowest BCUT2D eigenvalue weighted by Gasteiger charge is -2.32. The van der Waals surface area contributed by atoms with Gasteiger partial charge < -0.3 is 10.2 Å². The lowest BCUT2D eigenvalue weighted by Crippen LogP contribution is -2.36. The summed E-state index contributed by atoms with van der Waals surface area (Å²) in [5.74, 6) is -1.32. The number of rotatable bonds is 8. The van der Waals surface area contributed by atoms with Crippen molar-refractivity contribution in [2.75, 3.05) is 24.1 Å². The molecule has 4 aromatic rings. The Morgan fingerprint density at radius 3 is 2.41 bits per heavy atom. The number of halogens is 2. The van der Waals surface area contributed by atoms with Gasteiger partial charge in [-0.2, -0.15) is 0 Å². The second-order valence-corrected chi connectivity index (χ2v) is 12.4. The number of fused-ring (bicyclic) bond motifs is 1. The topological polar surface area (TPSA) is 109 Å². The van der Waals surface area contributed by atoms with Crippen LogP contribution in [0.1, 0.15) is 36.8 Å². The molecule has 9 nitrogen and oxygen atoms in total. The van der Waals surface area contributed by atoms with E-state index in [1.54, 1.807) is 6.20 Å². The third kappa shape index (κ3) is 6.54. The lowest BCUT2D eigenvalue weighted by molar-refractivity contribution is 0.221. The summed E-state index contributed by atoms with van der Waals surface area (Å²) in [5, 5.41) is 3.69. The second kappa shape index (κ2) is 11.5. The molecule has 2 heterocycles. The lowest BCUT2D eigenvalue weighted by atomic mass is 9.91. The van der Waals surface area contributed by atoms with Crippen molar-refractivity contribution in [1.29, 1.82) is 0 Å². The van der Waals surface area contributed by atoms with E-state index in [9.17, 15) is 17.6 Å². The Bertz CT molecular complexity index is 1730. The van der Waals surface area contributed by atoms with Crippen LogP contribution in [0, 0.1) is 18.6 Å². The van der Waals surface area contributed by atoms with Gasteiger partial charge in [0.15, 0.2) is 0 Å². The van der Waals surface area contributed by atoms with E-state index in [-0.39, 0.29) is 22.8 Å². The summed E-state index contributed by atoms with van der Waals surface area (Å²) < 4.78 is 56.8. The Morgan fingerprint density at radius 1 is 1.05 bits per heavy atom. The van der Waals surface area contributed by atoms with Gasteiger partial charge in [0.2, 0.25) is 16.0 Å². The molecule has 2 N–H and O–H groups in total. The number of hydrogen-bond acceptors (Lipinski definition) is 7.